The quantitative estimate of drug-likeness (QED) is 0.807. The third-order valence-corrected chi connectivity index (χ3v) is 3.32. The first-order valence-electron chi connectivity index (χ1n) is 5.89. The molecule has 0 spiro atoms. The van der Waals surface area contributed by atoms with Crippen molar-refractivity contribution in [3.63, 3.8) is 0 Å². The van der Waals surface area contributed by atoms with Crippen LogP contribution in [0.3, 0.4) is 0 Å². The van der Waals surface area contributed by atoms with Gasteiger partial charge in [-0.3, -0.25) is 0 Å². The van der Waals surface area contributed by atoms with Crippen molar-refractivity contribution in [2.24, 2.45) is 5.73 Å². The number of benzene rings is 1. The van der Waals surface area contributed by atoms with E-state index in [0.29, 0.717) is 13.2 Å². The molecule has 0 aromatic heterocycles. The van der Waals surface area contributed by atoms with Crippen LogP contribution in [0.5, 0.6) is 5.75 Å². The Balaban J connectivity index is 1.98. The molecule has 1 aliphatic rings. The molecule has 3 nitrogen and oxygen atoms in total. The molecule has 1 atom stereocenters. The monoisotopic (exact) mass is 220 g/mol. The summed E-state index contributed by atoms with van der Waals surface area (Å²) in [6.45, 7) is 4.41. The summed E-state index contributed by atoms with van der Waals surface area (Å²) in [7, 11) is 0. The Morgan fingerprint density at radius 2 is 2.25 bits per heavy atom. The van der Waals surface area contributed by atoms with E-state index in [0.717, 1.165) is 18.7 Å². The van der Waals surface area contributed by atoms with Crippen molar-refractivity contribution >= 4 is 0 Å². The number of rotatable bonds is 4. The van der Waals surface area contributed by atoms with E-state index in [-0.39, 0.29) is 5.54 Å². The van der Waals surface area contributed by atoms with E-state index in [2.05, 4.69) is 18.3 Å². The first-order chi connectivity index (χ1) is 7.76. The van der Waals surface area contributed by atoms with Crippen LogP contribution >= 0.6 is 0 Å². The van der Waals surface area contributed by atoms with Crippen LogP contribution in [0.4, 0.5) is 0 Å². The van der Waals surface area contributed by atoms with E-state index in [1.165, 1.54) is 12.0 Å². The van der Waals surface area contributed by atoms with Crippen molar-refractivity contribution in [2.45, 2.75) is 25.3 Å². The highest BCUT2D eigenvalue weighted by Gasteiger charge is 2.32. The third-order valence-electron chi connectivity index (χ3n) is 3.32. The zero-order valence-corrected chi connectivity index (χ0v) is 9.83. The molecule has 1 aromatic carbocycles. The van der Waals surface area contributed by atoms with Crippen molar-refractivity contribution < 1.29 is 4.74 Å². The second-order valence-corrected chi connectivity index (χ2v) is 4.57. The Bertz CT molecular complexity index is 346. The molecule has 88 valence electrons. The van der Waals surface area contributed by atoms with Gasteiger partial charge in [-0.15, -0.1) is 0 Å². The summed E-state index contributed by atoms with van der Waals surface area (Å²) >= 11 is 0. The Kier molecular flexibility index (Phi) is 3.46. The van der Waals surface area contributed by atoms with Gasteiger partial charge >= 0.3 is 0 Å². The number of aryl methyl sites for hydroxylation is 1. The molecule has 0 radical (unpaired) electrons. The molecule has 1 aliphatic heterocycles. The second kappa shape index (κ2) is 4.85. The maximum absolute atomic E-state index is 5.87. The second-order valence-electron chi connectivity index (χ2n) is 4.57. The molecular formula is C13H20N2O. The summed E-state index contributed by atoms with van der Waals surface area (Å²) in [6, 6.07) is 8.09. The van der Waals surface area contributed by atoms with E-state index < -0.39 is 0 Å². The highest BCUT2D eigenvalue weighted by Crippen LogP contribution is 2.22. The Hall–Kier alpha value is -1.06. The van der Waals surface area contributed by atoms with Crippen LogP contribution in [-0.2, 0) is 0 Å². The molecule has 0 amide bonds. The fourth-order valence-corrected chi connectivity index (χ4v) is 2.16. The summed E-state index contributed by atoms with van der Waals surface area (Å²) in [5.74, 6) is 0.962. The smallest absolute Gasteiger partial charge is 0.122 e. The number of para-hydroxylation sites is 1. The molecule has 3 N–H and O–H groups in total. The highest BCUT2D eigenvalue weighted by molar-refractivity contribution is 5.31. The van der Waals surface area contributed by atoms with Crippen LogP contribution in [0.1, 0.15) is 18.4 Å². The average Bonchev–Trinajstić information content (AvgIpc) is 2.78. The van der Waals surface area contributed by atoms with E-state index in [1.807, 2.05) is 18.2 Å². The Morgan fingerprint density at radius 1 is 1.44 bits per heavy atom. The molecule has 1 saturated heterocycles. The summed E-state index contributed by atoms with van der Waals surface area (Å²) in [6.07, 6.45) is 2.30. The van der Waals surface area contributed by atoms with Crippen molar-refractivity contribution in [2.75, 3.05) is 19.7 Å². The minimum atomic E-state index is -0.0116. The average molecular weight is 220 g/mol. The maximum atomic E-state index is 5.87. The lowest BCUT2D eigenvalue weighted by molar-refractivity contribution is 0.202. The normalized spacial score (nSPS) is 24.6. The topological polar surface area (TPSA) is 47.3 Å². The van der Waals surface area contributed by atoms with Crippen LogP contribution in [0.15, 0.2) is 24.3 Å². The van der Waals surface area contributed by atoms with Gasteiger partial charge in [0.25, 0.3) is 0 Å². The standard InChI is InChI=1S/C13H20N2O/c1-11-5-2-3-6-12(11)16-10-13(9-14)7-4-8-15-13/h2-3,5-6,15H,4,7-10,14H2,1H3. The van der Waals surface area contributed by atoms with E-state index in [9.17, 15) is 0 Å². The predicted octanol–water partition coefficient (Wildman–Crippen LogP) is 1.45. The van der Waals surface area contributed by atoms with Crippen molar-refractivity contribution in [1.82, 2.24) is 5.32 Å². The first kappa shape index (κ1) is 11.4. The van der Waals surface area contributed by atoms with Gasteiger partial charge in [0, 0.05) is 6.54 Å². The summed E-state index contributed by atoms with van der Waals surface area (Å²) in [5, 5.41) is 3.46. The molecule has 3 heteroatoms. The minimum absolute atomic E-state index is 0.0116. The number of hydrogen-bond acceptors (Lipinski definition) is 3. The molecule has 0 saturated carbocycles. The lowest BCUT2D eigenvalue weighted by atomic mass is 9.99. The molecule has 1 unspecified atom stereocenters. The molecule has 0 bridgehead atoms. The third kappa shape index (κ3) is 2.36. The Morgan fingerprint density at radius 3 is 2.88 bits per heavy atom. The zero-order chi connectivity index (χ0) is 11.4. The number of hydrogen-bond donors (Lipinski definition) is 2. The van der Waals surface area contributed by atoms with Gasteiger partial charge in [-0.05, 0) is 37.9 Å². The van der Waals surface area contributed by atoms with Gasteiger partial charge in [0.2, 0.25) is 0 Å². The van der Waals surface area contributed by atoms with Crippen LogP contribution in [0, 0.1) is 6.92 Å². The van der Waals surface area contributed by atoms with Gasteiger partial charge < -0.3 is 15.8 Å². The van der Waals surface area contributed by atoms with E-state index in [1.54, 1.807) is 0 Å². The van der Waals surface area contributed by atoms with Gasteiger partial charge in [0.15, 0.2) is 0 Å². The van der Waals surface area contributed by atoms with Gasteiger partial charge in [-0.25, -0.2) is 0 Å². The van der Waals surface area contributed by atoms with Crippen LogP contribution in [-0.4, -0.2) is 25.2 Å². The van der Waals surface area contributed by atoms with Gasteiger partial charge in [0.1, 0.15) is 12.4 Å². The van der Waals surface area contributed by atoms with Crippen LogP contribution < -0.4 is 15.8 Å². The minimum Gasteiger partial charge on any atom is -0.491 e. The van der Waals surface area contributed by atoms with E-state index in [4.69, 9.17) is 10.5 Å². The molecule has 1 heterocycles. The largest absolute Gasteiger partial charge is 0.491 e. The number of nitrogens with one attached hydrogen (secondary N) is 1. The van der Waals surface area contributed by atoms with Gasteiger partial charge in [-0.1, -0.05) is 18.2 Å². The Labute approximate surface area is 97.0 Å². The SMILES string of the molecule is Cc1ccccc1OCC1(CN)CCCN1. The molecular weight excluding hydrogens is 200 g/mol. The lowest BCUT2D eigenvalue weighted by Crippen LogP contribution is -2.51. The summed E-state index contributed by atoms with van der Waals surface area (Å²) in [4.78, 5) is 0. The summed E-state index contributed by atoms with van der Waals surface area (Å²) in [5.41, 5.74) is 6.99. The molecule has 1 aromatic rings. The first-order valence-corrected chi connectivity index (χ1v) is 5.89. The van der Waals surface area contributed by atoms with Crippen molar-refractivity contribution in [3.05, 3.63) is 29.8 Å². The summed E-state index contributed by atoms with van der Waals surface area (Å²) < 4.78 is 5.87. The van der Waals surface area contributed by atoms with Crippen molar-refractivity contribution in [3.8, 4) is 5.75 Å². The molecule has 0 aliphatic carbocycles. The maximum Gasteiger partial charge on any atom is 0.122 e. The zero-order valence-electron chi connectivity index (χ0n) is 9.83. The fourth-order valence-electron chi connectivity index (χ4n) is 2.16. The molecule has 1 fully saturated rings. The van der Waals surface area contributed by atoms with Gasteiger partial charge in [0.05, 0.1) is 5.54 Å². The number of nitrogens with two attached hydrogens (primary N) is 1. The lowest BCUT2D eigenvalue weighted by Gasteiger charge is -2.28. The number of ether oxygens (including phenoxy) is 1. The van der Waals surface area contributed by atoms with Gasteiger partial charge in [-0.2, -0.15) is 0 Å². The predicted molar refractivity (Wildman–Crippen MR) is 65.7 cm³/mol. The van der Waals surface area contributed by atoms with Crippen LogP contribution in [0.2, 0.25) is 0 Å². The highest BCUT2D eigenvalue weighted by atomic mass is 16.5. The fraction of sp³-hybridized carbons (Fsp3) is 0.538. The van der Waals surface area contributed by atoms with E-state index >= 15 is 0 Å². The van der Waals surface area contributed by atoms with Crippen molar-refractivity contribution in [1.29, 1.82) is 0 Å². The van der Waals surface area contributed by atoms with Crippen LogP contribution in [0.25, 0.3) is 0 Å². The molecule has 16 heavy (non-hydrogen) atoms. The molecule has 2 rings (SSSR count).